The van der Waals surface area contributed by atoms with E-state index in [2.05, 4.69) is 10.3 Å². The summed E-state index contributed by atoms with van der Waals surface area (Å²) in [5.74, 6) is 0.116. The highest BCUT2D eigenvalue weighted by Crippen LogP contribution is 2.35. The van der Waals surface area contributed by atoms with Gasteiger partial charge in [0.25, 0.3) is 0 Å². The summed E-state index contributed by atoms with van der Waals surface area (Å²) in [6.45, 7) is 0.442. The van der Waals surface area contributed by atoms with Crippen LogP contribution in [-0.2, 0) is 11.3 Å². The summed E-state index contributed by atoms with van der Waals surface area (Å²) in [7, 11) is 0. The Labute approximate surface area is 182 Å². The van der Waals surface area contributed by atoms with E-state index in [1.807, 2.05) is 30.3 Å². The average molecular weight is 438 g/mol. The second-order valence-electron chi connectivity index (χ2n) is 6.78. The van der Waals surface area contributed by atoms with Gasteiger partial charge in [-0.25, -0.2) is 0 Å². The molecule has 0 bridgehead atoms. The Morgan fingerprint density at radius 1 is 1.17 bits per heavy atom. The number of aromatic hydroxyl groups is 2. The Morgan fingerprint density at radius 2 is 1.93 bits per heavy atom. The summed E-state index contributed by atoms with van der Waals surface area (Å²) in [4.78, 5) is 17.2. The SMILES string of the molecule is O=C(CCCn1c(O)c(/C=C2/C=Nc3ccccc32)sc1=S)Nc1ccc(O)cc1. The number of benzene rings is 2. The second kappa shape index (κ2) is 8.64. The summed E-state index contributed by atoms with van der Waals surface area (Å²) >= 11 is 6.74. The van der Waals surface area contributed by atoms with Crippen LogP contribution in [0, 0.1) is 3.95 Å². The Balaban J connectivity index is 1.40. The fraction of sp³-hybridized carbons (Fsp3) is 0.136. The predicted molar refractivity (Wildman–Crippen MR) is 123 cm³/mol. The number of anilines is 1. The van der Waals surface area contributed by atoms with Crippen molar-refractivity contribution in [3.63, 3.8) is 0 Å². The van der Waals surface area contributed by atoms with E-state index in [-0.39, 0.29) is 24.0 Å². The molecule has 4 rings (SSSR count). The molecule has 1 aliphatic heterocycles. The maximum atomic E-state index is 12.1. The summed E-state index contributed by atoms with van der Waals surface area (Å²) in [6.07, 6.45) is 4.49. The maximum Gasteiger partial charge on any atom is 0.224 e. The van der Waals surface area contributed by atoms with Gasteiger partial charge < -0.3 is 15.5 Å². The number of para-hydroxylation sites is 1. The van der Waals surface area contributed by atoms with Gasteiger partial charge in [0.15, 0.2) is 3.95 Å². The quantitative estimate of drug-likeness (QED) is 0.358. The third-order valence-electron chi connectivity index (χ3n) is 4.67. The zero-order valence-corrected chi connectivity index (χ0v) is 17.5. The highest BCUT2D eigenvalue weighted by atomic mass is 32.1. The van der Waals surface area contributed by atoms with Crippen LogP contribution >= 0.6 is 23.6 Å². The first kappa shape index (κ1) is 20.1. The second-order valence-corrected chi connectivity index (χ2v) is 8.46. The largest absolute Gasteiger partial charge is 0.508 e. The van der Waals surface area contributed by atoms with Crippen molar-refractivity contribution in [2.45, 2.75) is 19.4 Å². The molecule has 2 heterocycles. The minimum atomic E-state index is -0.136. The lowest BCUT2D eigenvalue weighted by atomic mass is 10.1. The zero-order valence-electron chi connectivity index (χ0n) is 15.9. The highest BCUT2D eigenvalue weighted by molar-refractivity contribution is 7.73. The lowest BCUT2D eigenvalue weighted by molar-refractivity contribution is -0.116. The van der Waals surface area contributed by atoms with Gasteiger partial charge in [0.1, 0.15) is 5.75 Å². The van der Waals surface area contributed by atoms with Gasteiger partial charge in [-0.1, -0.05) is 18.2 Å². The smallest absolute Gasteiger partial charge is 0.224 e. The molecule has 0 radical (unpaired) electrons. The lowest BCUT2D eigenvalue weighted by Gasteiger charge is -2.07. The van der Waals surface area contributed by atoms with Crippen LogP contribution in [0.25, 0.3) is 11.6 Å². The molecule has 3 aromatic rings. The minimum absolute atomic E-state index is 0.106. The molecule has 2 aromatic carbocycles. The molecule has 8 heteroatoms. The van der Waals surface area contributed by atoms with Crippen LogP contribution < -0.4 is 5.32 Å². The molecule has 30 heavy (non-hydrogen) atoms. The molecule has 0 aliphatic carbocycles. The van der Waals surface area contributed by atoms with E-state index in [1.165, 1.54) is 23.5 Å². The fourth-order valence-corrected chi connectivity index (χ4v) is 4.48. The van der Waals surface area contributed by atoms with Crippen molar-refractivity contribution in [3.05, 3.63) is 62.9 Å². The van der Waals surface area contributed by atoms with E-state index in [4.69, 9.17) is 12.2 Å². The highest BCUT2D eigenvalue weighted by Gasteiger charge is 2.15. The van der Waals surface area contributed by atoms with Gasteiger partial charge in [0, 0.05) is 36.0 Å². The van der Waals surface area contributed by atoms with Gasteiger partial charge in [0.2, 0.25) is 11.8 Å². The zero-order chi connectivity index (χ0) is 21.1. The van der Waals surface area contributed by atoms with Gasteiger partial charge in [0.05, 0.1) is 10.6 Å². The molecular weight excluding hydrogens is 418 g/mol. The number of phenolic OH excluding ortho intramolecular Hbond substituents is 1. The van der Waals surface area contributed by atoms with E-state index >= 15 is 0 Å². The van der Waals surface area contributed by atoms with E-state index < -0.39 is 0 Å². The van der Waals surface area contributed by atoms with Gasteiger partial charge in [-0.05, 0) is 55.0 Å². The van der Waals surface area contributed by atoms with Gasteiger partial charge >= 0.3 is 0 Å². The average Bonchev–Trinajstić information content (AvgIpc) is 3.26. The summed E-state index contributed by atoms with van der Waals surface area (Å²) in [5.41, 5.74) is 3.48. The molecule has 1 aromatic heterocycles. The Hall–Kier alpha value is -3.23. The van der Waals surface area contributed by atoms with Gasteiger partial charge in [-0.15, -0.1) is 11.3 Å². The topological polar surface area (TPSA) is 86.9 Å². The number of allylic oxidation sites excluding steroid dienone is 1. The van der Waals surface area contributed by atoms with Crippen LogP contribution in [0.15, 0.2) is 53.5 Å². The molecule has 6 nitrogen and oxygen atoms in total. The maximum absolute atomic E-state index is 12.1. The first-order valence-electron chi connectivity index (χ1n) is 9.38. The van der Waals surface area contributed by atoms with Crippen LogP contribution in [0.3, 0.4) is 0 Å². The number of hydrogen-bond acceptors (Lipinski definition) is 6. The number of carbonyl (C=O) groups excluding carboxylic acids is 1. The number of amides is 1. The van der Waals surface area contributed by atoms with Crippen molar-refractivity contribution in [1.29, 1.82) is 0 Å². The Bertz CT molecular complexity index is 1210. The first-order chi connectivity index (χ1) is 14.5. The number of nitrogens with zero attached hydrogens (tertiary/aromatic N) is 2. The number of fused-ring (bicyclic) bond motifs is 1. The molecule has 1 aliphatic rings. The van der Waals surface area contributed by atoms with Crippen LogP contribution in [0.5, 0.6) is 11.6 Å². The molecule has 0 spiro atoms. The van der Waals surface area contributed by atoms with E-state index in [1.54, 1.807) is 22.9 Å². The summed E-state index contributed by atoms with van der Waals surface area (Å²) < 4.78 is 2.21. The van der Waals surface area contributed by atoms with Crippen LogP contribution in [0.4, 0.5) is 11.4 Å². The summed E-state index contributed by atoms with van der Waals surface area (Å²) in [6, 6.07) is 14.1. The standard InChI is InChI=1S/C22H19N3O3S2/c26-16-9-7-15(8-10-16)24-20(27)6-3-11-25-21(28)19(30-22(25)29)12-14-13-23-18-5-2-1-4-17(14)18/h1-2,4-5,7-10,12-13,26,28H,3,6,11H2,(H,24,27)/b14-12-. The van der Waals surface area contributed by atoms with Crippen molar-refractivity contribution in [3.8, 4) is 11.6 Å². The third kappa shape index (κ3) is 4.34. The lowest BCUT2D eigenvalue weighted by Crippen LogP contribution is -2.12. The van der Waals surface area contributed by atoms with E-state index in [0.29, 0.717) is 27.5 Å². The van der Waals surface area contributed by atoms with Crippen molar-refractivity contribution in [2.24, 2.45) is 4.99 Å². The molecule has 0 fully saturated rings. The monoisotopic (exact) mass is 437 g/mol. The predicted octanol–water partition coefficient (Wildman–Crippen LogP) is 5.37. The van der Waals surface area contributed by atoms with Crippen LogP contribution in [0.2, 0.25) is 0 Å². The molecule has 152 valence electrons. The number of hydrogen-bond donors (Lipinski definition) is 3. The molecule has 0 unspecified atom stereocenters. The molecule has 0 saturated carbocycles. The number of thiazole rings is 1. The first-order valence-corrected chi connectivity index (χ1v) is 10.6. The Morgan fingerprint density at radius 3 is 2.73 bits per heavy atom. The van der Waals surface area contributed by atoms with Crippen molar-refractivity contribution < 1.29 is 15.0 Å². The molecule has 0 atom stereocenters. The van der Waals surface area contributed by atoms with Crippen LogP contribution in [0.1, 0.15) is 23.3 Å². The van der Waals surface area contributed by atoms with Crippen molar-refractivity contribution >= 4 is 58.7 Å². The minimum Gasteiger partial charge on any atom is -0.508 e. The number of aromatic nitrogens is 1. The number of nitrogens with one attached hydrogen (secondary N) is 1. The normalized spacial score (nSPS) is 13.5. The summed E-state index contributed by atoms with van der Waals surface area (Å²) in [5, 5.41) is 22.7. The number of phenols is 1. The molecular formula is C22H19N3O3S2. The number of aliphatic imine (C=N–C) groups is 1. The van der Waals surface area contributed by atoms with Gasteiger partial charge in [-0.2, -0.15) is 0 Å². The molecule has 1 amide bonds. The van der Waals surface area contributed by atoms with Gasteiger partial charge in [-0.3, -0.25) is 14.4 Å². The molecule has 3 N–H and O–H groups in total. The van der Waals surface area contributed by atoms with E-state index in [0.717, 1.165) is 16.8 Å². The van der Waals surface area contributed by atoms with Crippen molar-refractivity contribution in [2.75, 3.05) is 5.32 Å². The van der Waals surface area contributed by atoms with E-state index in [9.17, 15) is 15.0 Å². The van der Waals surface area contributed by atoms with Crippen LogP contribution in [-0.4, -0.2) is 26.9 Å². The third-order valence-corrected chi connectivity index (χ3v) is 6.06. The number of carbonyl (C=O) groups is 1. The fourth-order valence-electron chi connectivity index (χ4n) is 3.17. The number of rotatable bonds is 6. The molecule has 0 saturated heterocycles. The van der Waals surface area contributed by atoms with Crippen molar-refractivity contribution in [1.82, 2.24) is 4.57 Å². The Kier molecular flexibility index (Phi) is 5.78.